The number of phenols is 1. The maximum absolute atomic E-state index is 12.2. The normalized spacial score (nSPS) is 10.3. The summed E-state index contributed by atoms with van der Waals surface area (Å²) in [6.07, 6.45) is 0. The van der Waals surface area contributed by atoms with Crippen LogP contribution in [-0.2, 0) is 4.74 Å². The van der Waals surface area contributed by atoms with Crippen molar-refractivity contribution in [1.29, 1.82) is 0 Å². The van der Waals surface area contributed by atoms with Crippen molar-refractivity contribution >= 4 is 35.0 Å². The molecule has 138 valence electrons. The van der Waals surface area contributed by atoms with Crippen molar-refractivity contribution in [2.75, 3.05) is 20.3 Å². The molecule has 8 heteroatoms. The zero-order chi connectivity index (χ0) is 19.3. The summed E-state index contributed by atoms with van der Waals surface area (Å²) in [6.45, 7) is 1.51. The maximum Gasteiger partial charge on any atom is 0.338 e. The van der Waals surface area contributed by atoms with Gasteiger partial charge in [-0.15, -0.1) is 0 Å². The number of Topliss-reactive ketones (excluding diaryl/α,β-unsaturated/α-hetero) is 1. The van der Waals surface area contributed by atoms with E-state index in [1.807, 2.05) is 0 Å². The van der Waals surface area contributed by atoms with E-state index < -0.39 is 18.4 Å². The Labute approximate surface area is 160 Å². The molecule has 1 N–H and O–H groups in total. The van der Waals surface area contributed by atoms with E-state index >= 15 is 0 Å². The molecule has 0 saturated heterocycles. The molecule has 0 saturated carbocycles. The van der Waals surface area contributed by atoms with Crippen molar-refractivity contribution in [3.63, 3.8) is 0 Å². The zero-order valence-corrected chi connectivity index (χ0v) is 15.6. The molecule has 0 spiro atoms. The second kappa shape index (κ2) is 8.78. The molecule has 0 heterocycles. The van der Waals surface area contributed by atoms with Crippen LogP contribution < -0.4 is 9.47 Å². The number of hydrogen-bond donors (Lipinski definition) is 1. The molecular weight excluding hydrogens is 383 g/mol. The standard InChI is InChI=1S/C18H16Cl2O6/c1-3-25-16-8-11(7-13(20)17(16)22)18(23)26-9-14(21)10-4-5-15(24-2)12(19)6-10/h4-8,22H,3,9H2,1-2H3. The predicted octanol–water partition coefficient (Wildman–Crippen LogP) is 4.15. The van der Waals surface area contributed by atoms with Crippen LogP contribution in [0.15, 0.2) is 30.3 Å². The fraction of sp³-hybridized carbons (Fsp3) is 0.222. The van der Waals surface area contributed by atoms with Gasteiger partial charge in [-0.05, 0) is 37.3 Å². The van der Waals surface area contributed by atoms with Crippen molar-refractivity contribution in [2.45, 2.75) is 6.92 Å². The lowest BCUT2D eigenvalue weighted by Gasteiger charge is -2.10. The van der Waals surface area contributed by atoms with Gasteiger partial charge in [-0.3, -0.25) is 4.79 Å². The highest BCUT2D eigenvalue weighted by Crippen LogP contribution is 2.35. The molecule has 0 atom stereocenters. The summed E-state index contributed by atoms with van der Waals surface area (Å²) < 4.78 is 15.2. The first-order chi connectivity index (χ1) is 12.4. The largest absolute Gasteiger partial charge is 0.503 e. The molecule has 0 aliphatic heterocycles. The molecule has 2 aromatic carbocycles. The highest BCUT2D eigenvalue weighted by atomic mass is 35.5. The van der Waals surface area contributed by atoms with Crippen LogP contribution in [-0.4, -0.2) is 37.2 Å². The second-order valence-electron chi connectivity index (χ2n) is 5.09. The Morgan fingerprint density at radius 1 is 1.04 bits per heavy atom. The SMILES string of the molecule is CCOc1cc(C(=O)OCC(=O)c2ccc(OC)c(Cl)c2)cc(Cl)c1O. The van der Waals surface area contributed by atoms with Gasteiger partial charge >= 0.3 is 5.97 Å². The number of carbonyl (C=O) groups is 2. The van der Waals surface area contributed by atoms with Gasteiger partial charge in [0.25, 0.3) is 0 Å². The predicted molar refractivity (Wildman–Crippen MR) is 96.9 cm³/mol. The topological polar surface area (TPSA) is 82.1 Å². The van der Waals surface area contributed by atoms with E-state index in [0.29, 0.717) is 5.75 Å². The third kappa shape index (κ3) is 4.59. The van der Waals surface area contributed by atoms with E-state index in [4.69, 9.17) is 37.4 Å². The van der Waals surface area contributed by atoms with Crippen LogP contribution in [0.4, 0.5) is 0 Å². The second-order valence-corrected chi connectivity index (χ2v) is 5.90. The lowest BCUT2D eigenvalue weighted by atomic mass is 10.1. The lowest BCUT2D eigenvalue weighted by molar-refractivity contribution is 0.0474. The average Bonchev–Trinajstić information content (AvgIpc) is 2.63. The highest BCUT2D eigenvalue weighted by Gasteiger charge is 2.17. The van der Waals surface area contributed by atoms with Gasteiger partial charge in [0.05, 0.1) is 29.3 Å². The maximum atomic E-state index is 12.2. The van der Waals surface area contributed by atoms with E-state index in [2.05, 4.69) is 0 Å². The molecule has 2 rings (SSSR count). The van der Waals surface area contributed by atoms with Crippen LogP contribution in [0.2, 0.25) is 10.0 Å². The van der Waals surface area contributed by atoms with Gasteiger partial charge in [-0.1, -0.05) is 23.2 Å². The molecule has 0 fully saturated rings. The molecular formula is C18H16Cl2O6. The molecule has 0 bridgehead atoms. The lowest BCUT2D eigenvalue weighted by Crippen LogP contribution is -2.14. The van der Waals surface area contributed by atoms with Gasteiger partial charge in [0.15, 0.2) is 23.9 Å². The molecule has 0 aliphatic rings. The van der Waals surface area contributed by atoms with Crippen molar-refractivity contribution < 1.29 is 28.9 Å². The number of esters is 1. The molecule has 0 amide bonds. The van der Waals surface area contributed by atoms with Crippen LogP contribution >= 0.6 is 23.2 Å². The van der Waals surface area contributed by atoms with Crippen LogP contribution in [0.5, 0.6) is 17.2 Å². The number of ether oxygens (including phenoxy) is 3. The Morgan fingerprint density at radius 2 is 1.73 bits per heavy atom. The van der Waals surface area contributed by atoms with Crippen LogP contribution in [0.1, 0.15) is 27.6 Å². The quantitative estimate of drug-likeness (QED) is 0.557. The summed E-state index contributed by atoms with van der Waals surface area (Å²) in [5.41, 5.74) is 0.333. The number of phenolic OH excluding ortho intramolecular Hbond substituents is 1. The van der Waals surface area contributed by atoms with E-state index in [1.54, 1.807) is 13.0 Å². The van der Waals surface area contributed by atoms with Crippen molar-refractivity contribution in [1.82, 2.24) is 0 Å². The summed E-state index contributed by atoms with van der Waals surface area (Å²) in [7, 11) is 1.46. The number of rotatable bonds is 7. The van der Waals surface area contributed by atoms with Crippen molar-refractivity contribution in [3.8, 4) is 17.2 Å². The molecule has 0 radical (unpaired) electrons. The van der Waals surface area contributed by atoms with Gasteiger partial charge in [0.1, 0.15) is 5.75 Å². The van der Waals surface area contributed by atoms with E-state index in [9.17, 15) is 14.7 Å². The summed E-state index contributed by atoms with van der Waals surface area (Å²) in [4.78, 5) is 24.3. The number of methoxy groups -OCH3 is 1. The van der Waals surface area contributed by atoms with Crippen molar-refractivity contribution in [2.24, 2.45) is 0 Å². The number of aromatic hydroxyl groups is 1. The Morgan fingerprint density at radius 3 is 2.35 bits per heavy atom. The van der Waals surface area contributed by atoms with E-state index in [0.717, 1.165) is 0 Å². The minimum absolute atomic E-state index is 0.0526. The van der Waals surface area contributed by atoms with Gasteiger partial charge in [0.2, 0.25) is 0 Å². The number of carbonyl (C=O) groups excluding carboxylic acids is 2. The Hall–Kier alpha value is -2.44. The third-order valence-corrected chi connectivity index (χ3v) is 3.96. The molecule has 0 aromatic heterocycles. The summed E-state index contributed by atoms with van der Waals surface area (Å²) in [5, 5.41) is 10.00. The molecule has 26 heavy (non-hydrogen) atoms. The molecule has 2 aromatic rings. The monoisotopic (exact) mass is 398 g/mol. The van der Waals surface area contributed by atoms with Crippen LogP contribution in [0.3, 0.4) is 0 Å². The van der Waals surface area contributed by atoms with Gasteiger partial charge in [-0.2, -0.15) is 0 Å². The molecule has 0 aliphatic carbocycles. The van der Waals surface area contributed by atoms with Gasteiger partial charge in [-0.25, -0.2) is 4.79 Å². The van der Waals surface area contributed by atoms with Crippen LogP contribution in [0.25, 0.3) is 0 Å². The Balaban J connectivity index is 2.08. The number of hydrogen-bond acceptors (Lipinski definition) is 6. The number of ketones is 1. The van der Waals surface area contributed by atoms with E-state index in [1.165, 1.54) is 31.4 Å². The highest BCUT2D eigenvalue weighted by molar-refractivity contribution is 6.33. The first-order valence-corrected chi connectivity index (χ1v) is 8.32. The summed E-state index contributed by atoms with van der Waals surface area (Å²) in [5.74, 6) is -0.991. The minimum Gasteiger partial charge on any atom is -0.503 e. The minimum atomic E-state index is -0.777. The van der Waals surface area contributed by atoms with Crippen molar-refractivity contribution in [3.05, 3.63) is 51.5 Å². The van der Waals surface area contributed by atoms with Gasteiger partial charge < -0.3 is 19.3 Å². The third-order valence-electron chi connectivity index (χ3n) is 3.37. The van der Waals surface area contributed by atoms with E-state index in [-0.39, 0.29) is 39.3 Å². The number of halogens is 2. The number of benzene rings is 2. The molecule has 6 nitrogen and oxygen atoms in total. The fourth-order valence-electron chi connectivity index (χ4n) is 2.09. The average molecular weight is 399 g/mol. The van der Waals surface area contributed by atoms with Gasteiger partial charge in [0, 0.05) is 5.56 Å². The summed E-state index contributed by atoms with van der Waals surface area (Å²) in [6, 6.07) is 7.02. The van der Waals surface area contributed by atoms with Crippen LogP contribution in [0, 0.1) is 0 Å². The molecule has 0 unspecified atom stereocenters. The first kappa shape index (κ1) is 19.9. The summed E-state index contributed by atoms with van der Waals surface area (Å²) >= 11 is 11.8. The zero-order valence-electron chi connectivity index (χ0n) is 14.0. The Kier molecular flexibility index (Phi) is 6.71. The fourth-order valence-corrected chi connectivity index (χ4v) is 2.56. The first-order valence-electron chi connectivity index (χ1n) is 7.56. The smallest absolute Gasteiger partial charge is 0.338 e. The Bertz CT molecular complexity index is 835.